The van der Waals surface area contributed by atoms with Gasteiger partial charge in [0.15, 0.2) is 0 Å². The molecule has 0 atom stereocenters. The maximum absolute atomic E-state index is 14.0. The number of benzene rings is 1. The topological polar surface area (TPSA) is 18.5 Å². The van der Waals surface area contributed by atoms with Crippen LogP contribution in [0.1, 0.15) is 31.4 Å². The predicted molar refractivity (Wildman–Crippen MR) is 85.8 cm³/mol. The van der Waals surface area contributed by atoms with Crippen molar-refractivity contribution in [1.29, 1.82) is 0 Å². The quantitative estimate of drug-likeness (QED) is 0.833. The van der Waals surface area contributed by atoms with Crippen LogP contribution in [0.25, 0.3) is 0 Å². The van der Waals surface area contributed by atoms with Crippen molar-refractivity contribution >= 4 is 0 Å². The van der Waals surface area contributed by atoms with E-state index in [4.69, 9.17) is 0 Å². The fourth-order valence-electron chi connectivity index (χ4n) is 2.86. The summed E-state index contributed by atoms with van der Waals surface area (Å²) in [5.41, 5.74) is 1.99. The van der Waals surface area contributed by atoms with Gasteiger partial charge in [-0.15, -0.1) is 0 Å². The number of nitrogens with one attached hydrogen (secondary N) is 1. The zero-order valence-electron chi connectivity index (χ0n) is 13.4. The first-order chi connectivity index (χ1) is 10.2. The van der Waals surface area contributed by atoms with Crippen LogP contribution >= 0.6 is 0 Å². The van der Waals surface area contributed by atoms with E-state index in [1.165, 1.54) is 13.0 Å². The summed E-state index contributed by atoms with van der Waals surface area (Å²) in [5.74, 6) is -0.0776. The van der Waals surface area contributed by atoms with Crippen molar-refractivity contribution in [2.45, 2.75) is 33.4 Å². The second-order valence-electron chi connectivity index (χ2n) is 5.82. The van der Waals surface area contributed by atoms with E-state index >= 15 is 0 Å². The van der Waals surface area contributed by atoms with Gasteiger partial charge in [0.25, 0.3) is 0 Å². The summed E-state index contributed by atoms with van der Waals surface area (Å²) in [5, 5.41) is 3.29. The van der Waals surface area contributed by atoms with E-state index < -0.39 is 0 Å². The van der Waals surface area contributed by atoms with Gasteiger partial charge in [-0.2, -0.15) is 0 Å². The lowest BCUT2D eigenvalue weighted by molar-refractivity contribution is 0.126. The molecule has 1 heterocycles. The van der Waals surface area contributed by atoms with E-state index in [1.807, 2.05) is 12.1 Å². The summed E-state index contributed by atoms with van der Waals surface area (Å²) in [6, 6.07) is 5.49. The van der Waals surface area contributed by atoms with E-state index in [0.29, 0.717) is 0 Å². The molecule has 1 fully saturated rings. The third kappa shape index (κ3) is 5.06. The molecule has 118 valence electrons. The van der Waals surface area contributed by atoms with E-state index in [1.54, 1.807) is 6.07 Å². The summed E-state index contributed by atoms with van der Waals surface area (Å²) in [6.45, 7) is 12.2. The van der Waals surface area contributed by atoms with E-state index in [0.717, 1.165) is 56.9 Å². The number of halogens is 1. The second kappa shape index (κ2) is 8.47. The van der Waals surface area contributed by atoms with Gasteiger partial charge in [0.1, 0.15) is 5.82 Å². The zero-order chi connectivity index (χ0) is 15.1. The standard InChI is InChI=1S/C17H28FN3/c1-3-7-20-8-10-21(11-9-20)14-16-12-15(13-19-4-2)5-6-17(16)18/h5-6,12,19H,3-4,7-11,13-14H2,1-2H3. The monoisotopic (exact) mass is 293 g/mol. The number of hydrogen-bond donors (Lipinski definition) is 1. The fraction of sp³-hybridized carbons (Fsp3) is 0.647. The minimum atomic E-state index is -0.0776. The molecule has 1 saturated heterocycles. The molecule has 2 rings (SSSR count). The molecule has 0 unspecified atom stereocenters. The van der Waals surface area contributed by atoms with Gasteiger partial charge >= 0.3 is 0 Å². The van der Waals surface area contributed by atoms with E-state index in [2.05, 4.69) is 29.0 Å². The average molecular weight is 293 g/mol. The molecule has 0 aliphatic carbocycles. The van der Waals surface area contributed by atoms with Crippen molar-refractivity contribution in [3.05, 3.63) is 35.1 Å². The maximum Gasteiger partial charge on any atom is 0.127 e. The molecule has 0 aromatic heterocycles. The van der Waals surface area contributed by atoms with Gasteiger partial charge in [-0.1, -0.05) is 26.0 Å². The highest BCUT2D eigenvalue weighted by molar-refractivity contribution is 5.25. The Morgan fingerprint density at radius 1 is 1.10 bits per heavy atom. The summed E-state index contributed by atoms with van der Waals surface area (Å²) in [7, 11) is 0. The Hall–Kier alpha value is -0.970. The highest BCUT2D eigenvalue weighted by atomic mass is 19.1. The van der Waals surface area contributed by atoms with Gasteiger partial charge in [-0.3, -0.25) is 4.90 Å². The summed E-state index contributed by atoms with van der Waals surface area (Å²) in [6.07, 6.45) is 1.21. The van der Waals surface area contributed by atoms with Crippen LogP contribution in [0.4, 0.5) is 4.39 Å². The minimum Gasteiger partial charge on any atom is -0.313 e. The van der Waals surface area contributed by atoms with Gasteiger partial charge in [-0.25, -0.2) is 4.39 Å². The SMILES string of the molecule is CCCN1CCN(Cc2cc(CNCC)ccc2F)CC1. The van der Waals surface area contributed by atoms with E-state index in [-0.39, 0.29) is 5.82 Å². The van der Waals surface area contributed by atoms with Crippen LogP contribution in [0.2, 0.25) is 0 Å². The smallest absolute Gasteiger partial charge is 0.127 e. The highest BCUT2D eigenvalue weighted by Gasteiger charge is 2.17. The Balaban J connectivity index is 1.90. The first kappa shape index (κ1) is 16.4. The minimum absolute atomic E-state index is 0.0776. The molecule has 21 heavy (non-hydrogen) atoms. The Morgan fingerprint density at radius 3 is 2.48 bits per heavy atom. The first-order valence-electron chi connectivity index (χ1n) is 8.15. The predicted octanol–water partition coefficient (Wildman–Crippen LogP) is 2.46. The van der Waals surface area contributed by atoms with Gasteiger partial charge in [0.2, 0.25) is 0 Å². The maximum atomic E-state index is 14.0. The van der Waals surface area contributed by atoms with Gasteiger partial charge < -0.3 is 10.2 Å². The molecular formula is C17H28FN3. The Morgan fingerprint density at radius 2 is 1.81 bits per heavy atom. The Kier molecular flexibility index (Phi) is 6.61. The molecule has 0 bridgehead atoms. The average Bonchev–Trinajstić information content (AvgIpc) is 2.50. The molecular weight excluding hydrogens is 265 g/mol. The molecule has 1 aliphatic heterocycles. The number of rotatable bonds is 7. The van der Waals surface area contributed by atoms with Crippen molar-refractivity contribution in [3.8, 4) is 0 Å². The number of piperazine rings is 1. The molecule has 0 spiro atoms. The largest absolute Gasteiger partial charge is 0.313 e. The van der Waals surface area contributed by atoms with Crippen LogP contribution in [0.5, 0.6) is 0 Å². The number of nitrogens with zero attached hydrogens (tertiary/aromatic N) is 2. The molecule has 1 aliphatic rings. The van der Waals surface area contributed by atoms with E-state index in [9.17, 15) is 4.39 Å². The Bertz CT molecular complexity index is 428. The van der Waals surface area contributed by atoms with Crippen molar-refractivity contribution in [3.63, 3.8) is 0 Å². The van der Waals surface area contributed by atoms with Crippen LogP contribution in [-0.4, -0.2) is 49.1 Å². The number of hydrogen-bond acceptors (Lipinski definition) is 3. The van der Waals surface area contributed by atoms with Crippen LogP contribution in [0, 0.1) is 5.82 Å². The molecule has 0 radical (unpaired) electrons. The summed E-state index contributed by atoms with van der Waals surface area (Å²) >= 11 is 0. The lowest BCUT2D eigenvalue weighted by Gasteiger charge is -2.34. The first-order valence-corrected chi connectivity index (χ1v) is 8.15. The molecule has 3 nitrogen and oxygen atoms in total. The molecule has 4 heteroatoms. The van der Waals surface area contributed by atoms with Gasteiger partial charge in [0, 0.05) is 44.8 Å². The van der Waals surface area contributed by atoms with Crippen molar-refractivity contribution in [2.24, 2.45) is 0 Å². The highest BCUT2D eigenvalue weighted by Crippen LogP contribution is 2.15. The van der Waals surface area contributed by atoms with Gasteiger partial charge in [-0.05, 0) is 31.1 Å². The molecule has 1 aromatic carbocycles. The Labute approximate surface area is 128 Å². The third-order valence-corrected chi connectivity index (χ3v) is 4.09. The normalized spacial score (nSPS) is 17.3. The molecule has 0 amide bonds. The van der Waals surface area contributed by atoms with Crippen molar-refractivity contribution < 1.29 is 4.39 Å². The van der Waals surface area contributed by atoms with Crippen molar-refractivity contribution in [2.75, 3.05) is 39.3 Å². The van der Waals surface area contributed by atoms with Gasteiger partial charge in [0.05, 0.1) is 0 Å². The molecule has 0 saturated carbocycles. The van der Waals surface area contributed by atoms with Crippen LogP contribution in [-0.2, 0) is 13.1 Å². The lowest BCUT2D eigenvalue weighted by Crippen LogP contribution is -2.46. The molecule has 1 aromatic rings. The zero-order valence-corrected chi connectivity index (χ0v) is 13.4. The van der Waals surface area contributed by atoms with Crippen LogP contribution in [0.15, 0.2) is 18.2 Å². The third-order valence-electron chi connectivity index (χ3n) is 4.09. The van der Waals surface area contributed by atoms with Crippen molar-refractivity contribution in [1.82, 2.24) is 15.1 Å². The summed E-state index contributed by atoms with van der Waals surface area (Å²) < 4.78 is 14.0. The molecule has 1 N–H and O–H groups in total. The fourth-order valence-corrected chi connectivity index (χ4v) is 2.86. The summed E-state index contributed by atoms with van der Waals surface area (Å²) in [4.78, 5) is 4.86. The van der Waals surface area contributed by atoms with Crippen LogP contribution < -0.4 is 5.32 Å². The lowest BCUT2D eigenvalue weighted by atomic mass is 10.1. The second-order valence-corrected chi connectivity index (χ2v) is 5.82. The van der Waals surface area contributed by atoms with Crippen LogP contribution in [0.3, 0.4) is 0 Å².